The maximum absolute atomic E-state index is 12.6. The molecule has 3 N–H and O–H groups in total. The van der Waals surface area contributed by atoms with E-state index in [-0.39, 0.29) is 5.56 Å². The van der Waals surface area contributed by atoms with Crippen LogP contribution in [-0.2, 0) is 23.2 Å². The van der Waals surface area contributed by atoms with Crippen LogP contribution in [0.2, 0.25) is 0 Å². The maximum Gasteiger partial charge on any atom is 0.331 e. The summed E-state index contributed by atoms with van der Waals surface area (Å²) in [5.74, 6) is -1.64. The predicted octanol–water partition coefficient (Wildman–Crippen LogP) is 1.16. The number of amides is 1. The molecule has 9 nitrogen and oxygen atoms in total. The summed E-state index contributed by atoms with van der Waals surface area (Å²) in [6.45, 7) is 6.72. The van der Waals surface area contributed by atoms with Gasteiger partial charge in [-0.1, -0.05) is 13.8 Å². The Morgan fingerprint density at radius 3 is 2.56 bits per heavy atom. The molecule has 0 spiro atoms. The van der Waals surface area contributed by atoms with Gasteiger partial charge in [-0.05, 0) is 32.3 Å². The third-order valence-electron chi connectivity index (χ3n) is 4.02. The third-order valence-corrected chi connectivity index (χ3v) is 4.02. The van der Waals surface area contributed by atoms with Crippen LogP contribution in [0.25, 0.3) is 0 Å². The van der Waals surface area contributed by atoms with Crippen molar-refractivity contribution in [3.8, 4) is 0 Å². The van der Waals surface area contributed by atoms with E-state index in [1.165, 1.54) is 30.9 Å². The number of hydrogen-bond donors (Lipinski definition) is 3. The zero-order chi connectivity index (χ0) is 18.8. The van der Waals surface area contributed by atoms with E-state index in [2.05, 4.69) is 20.6 Å². The van der Waals surface area contributed by atoms with E-state index in [4.69, 9.17) is 0 Å². The minimum Gasteiger partial charge on any atom is -0.479 e. The van der Waals surface area contributed by atoms with Gasteiger partial charge in [0.05, 0.1) is 17.6 Å². The normalized spacial score (nSPS) is 11.4. The van der Waals surface area contributed by atoms with Crippen LogP contribution in [0, 0.1) is 0 Å². The van der Waals surface area contributed by atoms with Gasteiger partial charge in [-0.25, -0.2) is 9.89 Å². The van der Waals surface area contributed by atoms with Crippen molar-refractivity contribution in [3.63, 3.8) is 0 Å². The van der Waals surface area contributed by atoms with Crippen LogP contribution in [0.4, 0.5) is 5.69 Å². The molecule has 0 radical (unpaired) electrons. The number of carboxylic acids is 1. The van der Waals surface area contributed by atoms with Gasteiger partial charge in [-0.2, -0.15) is 10.2 Å². The number of carbonyl (C=O) groups excluding carboxylic acids is 1. The number of rotatable bonds is 6. The number of H-pyrrole nitrogens is 1. The van der Waals surface area contributed by atoms with Crippen LogP contribution in [0.5, 0.6) is 0 Å². The number of nitrogens with zero attached hydrogens (tertiary/aromatic N) is 3. The second-order valence-electron chi connectivity index (χ2n) is 6.05. The molecule has 0 aliphatic carbocycles. The first-order chi connectivity index (χ1) is 11.7. The van der Waals surface area contributed by atoms with E-state index in [9.17, 15) is 19.5 Å². The lowest BCUT2D eigenvalue weighted by Gasteiger charge is -2.19. The Bertz CT molecular complexity index is 866. The van der Waals surface area contributed by atoms with Gasteiger partial charge in [0.15, 0.2) is 5.54 Å². The molecule has 0 saturated carbocycles. The number of anilines is 1. The molecule has 0 saturated heterocycles. The van der Waals surface area contributed by atoms with Crippen molar-refractivity contribution in [2.45, 2.75) is 46.1 Å². The topological polar surface area (TPSA) is 130 Å². The fourth-order valence-corrected chi connectivity index (χ4v) is 2.42. The van der Waals surface area contributed by atoms with Crippen molar-refractivity contribution in [1.82, 2.24) is 20.0 Å². The summed E-state index contributed by atoms with van der Waals surface area (Å²) in [7, 11) is 0. The fraction of sp³-hybridized carbons (Fsp3) is 0.438. The number of aryl methyl sites for hydroxylation is 1. The van der Waals surface area contributed by atoms with Gasteiger partial charge in [0.2, 0.25) is 0 Å². The van der Waals surface area contributed by atoms with Crippen LogP contribution >= 0.6 is 0 Å². The number of carbonyl (C=O) groups is 2. The quantitative estimate of drug-likeness (QED) is 0.719. The number of nitrogens with one attached hydrogen (secondary N) is 2. The molecular formula is C16H21N5O4. The Morgan fingerprint density at radius 1 is 1.32 bits per heavy atom. The molecule has 0 unspecified atom stereocenters. The highest BCUT2D eigenvalue weighted by Crippen LogP contribution is 2.18. The van der Waals surface area contributed by atoms with Crippen molar-refractivity contribution < 1.29 is 14.7 Å². The highest BCUT2D eigenvalue weighted by Gasteiger charge is 2.30. The largest absolute Gasteiger partial charge is 0.479 e. The molecule has 0 aromatic carbocycles. The molecule has 25 heavy (non-hydrogen) atoms. The molecule has 0 atom stereocenters. The molecule has 1 amide bonds. The Labute approximate surface area is 144 Å². The highest BCUT2D eigenvalue weighted by atomic mass is 16.4. The molecule has 134 valence electrons. The minimum absolute atomic E-state index is 0.0135. The van der Waals surface area contributed by atoms with Crippen LogP contribution in [0.1, 0.15) is 49.3 Å². The van der Waals surface area contributed by atoms with Gasteiger partial charge in [0.25, 0.3) is 11.5 Å². The summed E-state index contributed by atoms with van der Waals surface area (Å²) < 4.78 is 1.24. The Balaban J connectivity index is 2.35. The first-order valence-electron chi connectivity index (χ1n) is 7.92. The van der Waals surface area contributed by atoms with E-state index in [1.54, 1.807) is 0 Å². The van der Waals surface area contributed by atoms with Crippen molar-refractivity contribution >= 4 is 17.6 Å². The highest BCUT2D eigenvalue weighted by molar-refractivity contribution is 6.05. The van der Waals surface area contributed by atoms with Crippen LogP contribution < -0.4 is 10.9 Å². The zero-order valence-electron chi connectivity index (χ0n) is 14.6. The monoisotopic (exact) mass is 347 g/mol. The van der Waals surface area contributed by atoms with Gasteiger partial charge in [0, 0.05) is 6.20 Å². The lowest BCUT2D eigenvalue weighted by Crippen LogP contribution is -2.36. The summed E-state index contributed by atoms with van der Waals surface area (Å²) in [4.78, 5) is 35.9. The summed E-state index contributed by atoms with van der Waals surface area (Å²) in [5.41, 5.74) is -0.252. The second kappa shape index (κ2) is 6.88. The Hall–Kier alpha value is -2.97. The number of aromatic amines is 1. The fourth-order valence-electron chi connectivity index (χ4n) is 2.42. The van der Waals surface area contributed by atoms with E-state index in [1.807, 2.05) is 13.8 Å². The van der Waals surface area contributed by atoms with Crippen molar-refractivity contribution in [1.29, 1.82) is 0 Å². The van der Waals surface area contributed by atoms with Gasteiger partial charge in [-0.3, -0.25) is 14.3 Å². The molecular weight excluding hydrogens is 326 g/mol. The van der Waals surface area contributed by atoms with Crippen molar-refractivity contribution in [2.24, 2.45) is 0 Å². The number of hydrogen-bond acceptors (Lipinski definition) is 5. The van der Waals surface area contributed by atoms with E-state index >= 15 is 0 Å². The summed E-state index contributed by atoms with van der Waals surface area (Å²) in [6.07, 6.45) is 3.83. The number of aromatic nitrogens is 4. The Morgan fingerprint density at radius 2 is 2.00 bits per heavy atom. The van der Waals surface area contributed by atoms with E-state index in [0.29, 0.717) is 29.8 Å². The lowest BCUT2D eigenvalue weighted by molar-refractivity contribution is -0.146. The molecule has 2 aromatic rings. The summed E-state index contributed by atoms with van der Waals surface area (Å²) >= 11 is 0. The molecule has 0 fully saturated rings. The second-order valence-corrected chi connectivity index (χ2v) is 6.05. The molecule has 0 aliphatic rings. The van der Waals surface area contributed by atoms with Gasteiger partial charge in [-0.15, -0.1) is 0 Å². The maximum atomic E-state index is 12.6. The number of carboxylic acid groups (broad SMARTS) is 1. The molecule has 9 heteroatoms. The molecule has 2 heterocycles. The van der Waals surface area contributed by atoms with Gasteiger partial charge < -0.3 is 10.4 Å². The van der Waals surface area contributed by atoms with E-state index in [0.717, 1.165) is 0 Å². The van der Waals surface area contributed by atoms with Crippen LogP contribution in [0.15, 0.2) is 17.2 Å². The first-order valence-corrected chi connectivity index (χ1v) is 7.92. The van der Waals surface area contributed by atoms with Gasteiger partial charge in [0.1, 0.15) is 5.56 Å². The smallest absolute Gasteiger partial charge is 0.331 e. The molecule has 2 rings (SSSR count). The average molecular weight is 347 g/mol. The molecule has 2 aromatic heterocycles. The van der Waals surface area contributed by atoms with Crippen molar-refractivity contribution in [3.05, 3.63) is 39.6 Å². The van der Waals surface area contributed by atoms with Crippen molar-refractivity contribution in [2.75, 3.05) is 5.32 Å². The lowest BCUT2D eigenvalue weighted by atomic mass is 10.0. The third kappa shape index (κ3) is 3.44. The van der Waals surface area contributed by atoms with Crippen LogP contribution in [-0.4, -0.2) is 37.0 Å². The number of aliphatic carboxylic acids is 1. The minimum atomic E-state index is -1.26. The SMILES string of the molecule is CCc1n[nH]c(=O)c(C(=O)Nc2cnn(C(C)(C)C(=O)O)c2)c1CC. The van der Waals surface area contributed by atoms with Crippen LogP contribution in [0.3, 0.4) is 0 Å². The predicted molar refractivity (Wildman–Crippen MR) is 90.8 cm³/mol. The van der Waals surface area contributed by atoms with Gasteiger partial charge >= 0.3 is 5.97 Å². The summed E-state index contributed by atoms with van der Waals surface area (Å²) in [6, 6.07) is 0. The summed E-state index contributed by atoms with van der Waals surface area (Å²) in [5, 5.41) is 22.1. The molecule has 0 bridgehead atoms. The zero-order valence-corrected chi connectivity index (χ0v) is 14.6. The molecule has 0 aliphatic heterocycles. The standard InChI is InChI=1S/C16H21N5O4/c1-5-10-11(6-2)19-20-14(23)12(10)13(22)18-9-7-17-21(8-9)16(3,4)15(24)25/h7-8H,5-6H2,1-4H3,(H,18,22)(H,20,23)(H,24,25). The average Bonchev–Trinajstić information content (AvgIpc) is 3.03. The van der Waals surface area contributed by atoms with E-state index < -0.39 is 23.0 Å². The Kier molecular flexibility index (Phi) is 5.05. The first kappa shape index (κ1) is 18.4.